The number of nitrogens with one attached hydrogen (secondary N) is 1. The van der Waals surface area contributed by atoms with Gasteiger partial charge in [-0.3, -0.25) is 0 Å². The Kier molecular flexibility index (Phi) is 3.61. The number of aliphatic carboxylic acids is 1. The number of sulfonamides is 1. The minimum atomic E-state index is -3.96. The van der Waals surface area contributed by atoms with Gasteiger partial charge in [-0.05, 0) is 31.2 Å². The molecule has 1 aromatic rings. The van der Waals surface area contributed by atoms with Gasteiger partial charge in [-0.1, -0.05) is 0 Å². The highest BCUT2D eigenvalue weighted by Gasteiger charge is 2.17. The topological polar surface area (TPSA) is 86.3 Å². The third-order valence-electron chi connectivity index (χ3n) is 1.81. The van der Waals surface area contributed by atoms with Crippen LogP contribution in [0, 0.1) is 5.82 Å². The van der Waals surface area contributed by atoms with Crippen LogP contribution in [0.1, 0.15) is 6.92 Å². The molecular weight excluding hydrogens is 237 g/mol. The molecule has 0 aliphatic heterocycles. The summed E-state index contributed by atoms with van der Waals surface area (Å²) >= 11 is 0. The first kappa shape index (κ1) is 12.6. The molecule has 5 nitrogen and oxygen atoms in total. The summed E-state index contributed by atoms with van der Waals surface area (Å²) in [6.07, 6.45) is 0. The second-order valence-electron chi connectivity index (χ2n) is 3.12. The number of carbonyl (C=O) groups is 1. The molecular formula is C9H9FNO4S-. The lowest BCUT2D eigenvalue weighted by Crippen LogP contribution is -2.45. The largest absolute Gasteiger partial charge is 0.548 e. The third kappa shape index (κ3) is 3.01. The van der Waals surface area contributed by atoms with Crippen molar-refractivity contribution in [3.8, 4) is 0 Å². The molecule has 0 saturated heterocycles. The SMILES string of the molecule is C[C@@H](NS(=O)(=O)c1ccc(F)cc1)C(=O)[O-]. The van der Waals surface area contributed by atoms with Crippen molar-refractivity contribution in [2.45, 2.75) is 17.9 Å². The normalized spacial score (nSPS) is 13.4. The Morgan fingerprint density at radius 3 is 2.31 bits per heavy atom. The van der Waals surface area contributed by atoms with Crippen LogP contribution in [-0.2, 0) is 14.8 Å². The monoisotopic (exact) mass is 246 g/mol. The van der Waals surface area contributed by atoms with Gasteiger partial charge in [-0.15, -0.1) is 0 Å². The standard InChI is InChI=1S/C9H10FNO4S/c1-6(9(12)13)11-16(14,15)8-4-2-7(10)3-5-8/h2-6,11H,1H3,(H,12,13)/p-1/t6-/m1/s1. The second-order valence-corrected chi connectivity index (χ2v) is 4.83. The lowest BCUT2D eigenvalue weighted by atomic mass is 10.4. The zero-order valence-corrected chi connectivity index (χ0v) is 9.12. The molecule has 0 aromatic heterocycles. The molecule has 0 spiro atoms. The molecule has 1 N–H and O–H groups in total. The molecule has 0 radical (unpaired) electrons. The highest BCUT2D eigenvalue weighted by molar-refractivity contribution is 7.89. The van der Waals surface area contributed by atoms with Crippen molar-refractivity contribution in [1.82, 2.24) is 4.72 Å². The van der Waals surface area contributed by atoms with E-state index >= 15 is 0 Å². The number of halogens is 1. The fourth-order valence-corrected chi connectivity index (χ4v) is 2.15. The molecule has 0 amide bonds. The lowest BCUT2D eigenvalue weighted by Gasteiger charge is -2.14. The summed E-state index contributed by atoms with van der Waals surface area (Å²) < 4.78 is 37.5. The number of hydrogen-bond acceptors (Lipinski definition) is 4. The minimum Gasteiger partial charge on any atom is -0.548 e. The summed E-state index contributed by atoms with van der Waals surface area (Å²) in [5.74, 6) is -2.11. The van der Waals surface area contributed by atoms with Crippen molar-refractivity contribution < 1.29 is 22.7 Å². The van der Waals surface area contributed by atoms with Crippen LogP contribution in [0.5, 0.6) is 0 Å². The molecule has 1 atom stereocenters. The molecule has 88 valence electrons. The molecule has 16 heavy (non-hydrogen) atoms. The Bertz CT molecular complexity index is 483. The molecule has 0 fully saturated rings. The maximum Gasteiger partial charge on any atom is 0.241 e. The highest BCUT2D eigenvalue weighted by atomic mass is 32.2. The Hall–Kier alpha value is -1.47. The quantitative estimate of drug-likeness (QED) is 0.756. The number of carboxylic acids is 1. The van der Waals surface area contributed by atoms with Gasteiger partial charge in [-0.25, -0.2) is 17.5 Å². The maximum absolute atomic E-state index is 12.5. The molecule has 7 heteroatoms. The van der Waals surface area contributed by atoms with E-state index in [-0.39, 0.29) is 4.90 Å². The Labute approximate surface area is 92.0 Å². The Morgan fingerprint density at radius 2 is 1.88 bits per heavy atom. The van der Waals surface area contributed by atoms with E-state index in [4.69, 9.17) is 0 Å². The van der Waals surface area contributed by atoms with Crippen LogP contribution in [-0.4, -0.2) is 20.4 Å². The van der Waals surface area contributed by atoms with Gasteiger partial charge in [0.15, 0.2) is 0 Å². The van der Waals surface area contributed by atoms with Crippen molar-refractivity contribution in [1.29, 1.82) is 0 Å². The summed E-state index contributed by atoms with van der Waals surface area (Å²) in [6, 6.07) is 2.67. The van der Waals surface area contributed by atoms with Crippen LogP contribution in [0.25, 0.3) is 0 Å². The Balaban J connectivity index is 2.94. The van der Waals surface area contributed by atoms with Gasteiger partial charge in [-0.2, -0.15) is 0 Å². The van der Waals surface area contributed by atoms with E-state index < -0.39 is 27.9 Å². The van der Waals surface area contributed by atoms with Crippen LogP contribution in [0.3, 0.4) is 0 Å². The second kappa shape index (κ2) is 4.58. The van der Waals surface area contributed by atoms with Gasteiger partial charge >= 0.3 is 0 Å². The number of benzene rings is 1. The number of carboxylic acid groups (broad SMARTS) is 1. The smallest absolute Gasteiger partial charge is 0.241 e. The molecule has 1 aromatic carbocycles. The van der Waals surface area contributed by atoms with Crippen molar-refractivity contribution in [3.05, 3.63) is 30.1 Å². The summed E-state index contributed by atoms with van der Waals surface area (Å²) in [7, 11) is -3.96. The van der Waals surface area contributed by atoms with E-state index in [9.17, 15) is 22.7 Å². The predicted molar refractivity (Wildman–Crippen MR) is 51.2 cm³/mol. The van der Waals surface area contributed by atoms with Gasteiger partial charge < -0.3 is 9.90 Å². The Morgan fingerprint density at radius 1 is 1.38 bits per heavy atom. The average molecular weight is 246 g/mol. The van der Waals surface area contributed by atoms with Gasteiger partial charge in [0, 0.05) is 0 Å². The summed E-state index contributed by atoms with van der Waals surface area (Å²) in [5.41, 5.74) is 0. The van der Waals surface area contributed by atoms with Crippen LogP contribution in [0.15, 0.2) is 29.2 Å². The van der Waals surface area contributed by atoms with Gasteiger partial charge in [0.05, 0.1) is 16.9 Å². The van der Waals surface area contributed by atoms with Gasteiger partial charge in [0.1, 0.15) is 5.82 Å². The molecule has 0 saturated carbocycles. The van der Waals surface area contributed by atoms with E-state index in [0.717, 1.165) is 31.2 Å². The lowest BCUT2D eigenvalue weighted by molar-refractivity contribution is -0.307. The highest BCUT2D eigenvalue weighted by Crippen LogP contribution is 2.09. The van der Waals surface area contributed by atoms with Crippen molar-refractivity contribution in [2.75, 3.05) is 0 Å². The van der Waals surface area contributed by atoms with Crippen LogP contribution < -0.4 is 9.83 Å². The van der Waals surface area contributed by atoms with E-state index in [0.29, 0.717) is 0 Å². The summed E-state index contributed by atoms with van der Waals surface area (Å²) in [4.78, 5) is 10.2. The molecule has 0 unspecified atom stereocenters. The van der Waals surface area contributed by atoms with E-state index in [2.05, 4.69) is 0 Å². The first-order valence-corrected chi connectivity index (χ1v) is 5.80. The van der Waals surface area contributed by atoms with Gasteiger partial charge in [0.25, 0.3) is 0 Å². The number of carbonyl (C=O) groups excluding carboxylic acids is 1. The zero-order valence-electron chi connectivity index (χ0n) is 8.31. The zero-order chi connectivity index (χ0) is 12.3. The van der Waals surface area contributed by atoms with Crippen LogP contribution in [0.4, 0.5) is 4.39 Å². The fraction of sp³-hybridized carbons (Fsp3) is 0.222. The number of rotatable bonds is 4. The molecule has 0 bridgehead atoms. The molecule has 0 aliphatic carbocycles. The molecule has 0 heterocycles. The fourth-order valence-electron chi connectivity index (χ4n) is 0.963. The van der Waals surface area contributed by atoms with E-state index in [1.165, 1.54) is 0 Å². The molecule has 0 aliphatic rings. The average Bonchev–Trinajstić information content (AvgIpc) is 2.17. The summed E-state index contributed by atoms with van der Waals surface area (Å²) in [6.45, 7) is 1.14. The van der Waals surface area contributed by atoms with E-state index in [1.807, 2.05) is 4.72 Å². The first-order valence-electron chi connectivity index (χ1n) is 4.31. The third-order valence-corrected chi connectivity index (χ3v) is 3.37. The predicted octanol–water partition coefficient (Wildman–Crippen LogP) is -0.758. The van der Waals surface area contributed by atoms with Crippen molar-refractivity contribution in [3.63, 3.8) is 0 Å². The summed E-state index contributed by atoms with van der Waals surface area (Å²) in [5, 5.41) is 10.4. The minimum absolute atomic E-state index is 0.206. The first-order chi connectivity index (χ1) is 7.33. The van der Waals surface area contributed by atoms with Gasteiger partial charge in [0.2, 0.25) is 10.0 Å². The van der Waals surface area contributed by atoms with Crippen LogP contribution >= 0.6 is 0 Å². The molecule has 1 rings (SSSR count). The van der Waals surface area contributed by atoms with E-state index in [1.54, 1.807) is 0 Å². The van der Waals surface area contributed by atoms with Crippen molar-refractivity contribution in [2.24, 2.45) is 0 Å². The van der Waals surface area contributed by atoms with Crippen molar-refractivity contribution >= 4 is 16.0 Å². The maximum atomic E-state index is 12.5. The number of hydrogen-bond donors (Lipinski definition) is 1. The van der Waals surface area contributed by atoms with Crippen LogP contribution in [0.2, 0.25) is 0 Å².